The molecule has 78 valence electrons. The number of carbonyl (C=O) groups excluding carboxylic acids is 1. The lowest BCUT2D eigenvalue weighted by molar-refractivity contribution is -0.141. The second kappa shape index (κ2) is 5.58. The molecule has 1 amide bonds. The molecule has 1 saturated heterocycles. The lowest BCUT2D eigenvalue weighted by atomic mass is 10.3. The molecular formula is C9H14N2O3. The van der Waals surface area contributed by atoms with E-state index in [4.69, 9.17) is 14.7 Å². The van der Waals surface area contributed by atoms with Crippen LogP contribution >= 0.6 is 0 Å². The van der Waals surface area contributed by atoms with Gasteiger partial charge in [0.15, 0.2) is 6.10 Å². The highest BCUT2D eigenvalue weighted by molar-refractivity contribution is 5.77. The molecule has 1 atom stereocenters. The molecule has 14 heavy (non-hydrogen) atoms. The zero-order chi connectivity index (χ0) is 10.4. The molecule has 0 aromatic carbocycles. The SMILES string of the molecule is CCOCC(=O)N1CCOC(C#N)C1. The van der Waals surface area contributed by atoms with E-state index in [1.54, 1.807) is 4.90 Å². The fourth-order valence-corrected chi connectivity index (χ4v) is 1.23. The molecule has 1 aliphatic heterocycles. The fraction of sp³-hybridized carbons (Fsp3) is 0.778. The number of amides is 1. The van der Waals surface area contributed by atoms with Gasteiger partial charge in [0.05, 0.1) is 19.2 Å². The Hall–Kier alpha value is -1.12. The van der Waals surface area contributed by atoms with E-state index in [2.05, 4.69) is 0 Å². The van der Waals surface area contributed by atoms with Crippen molar-refractivity contribution >= 4 is 5.91 Å². The van der Waals surface area contributed by atoms with E-state index in [-0.39, 0.29) is 12.5 Å². The highest BCUT2D eigenvalue weighted by Crippen LogP contribution is 2.04. The molecule has 0 radical (unpaired) electrons. The normalized spacial score (nSPS) is 21.7. The van der Waals surface area contributed by atoms with E-state index >= 15 is 0 Å². The Bertz CT molecular complexity index is 237. The molecule has 5 nitrogen and oxygen atoms in total. The van der Waals surface area contributed by atoms with Crippen molar-refractivity contribution in [2.75, 3.05) is 32.9 Å². The minimum atomic E-state index is -0.491. The summed E-state index contributed by atoms with van der Waals surface area (Å²) in [7, 11) is 0. The van der Waals surface area contributed by atoms with Gasteiger partial charge in [-0.15, -0.1) is 0 Å². The van der Waals surface area contributed by atoms with Crippen molar-refractivity contribution in [1.29, 1.82) is 5.26 Å². The summed E-state index contributed by atoms with van der Waals surface area (Å²) >= 11 is 0. The van der Waals surface area contributed by atoms with Crippen LogP contribution in [0.5, 0.6) is 0 Å². The summed E-state index contributed by atoms with van der Waals surface area (Å²) in [6.45, 7) is 3.78. The van der Waals surface area contributed by atoms with E-state index in [0.717, 1.165) is 0 Å². The monoisotopic (exact) mass is 198 g/mol. The zero-order valence-corrected chi connectivity index (χ0v) is 8.23. The van der Waals surface area contributed by atoms with E-state index in [9.17, 15) is 4.79 Å². The molecule has 0 N–H and O–H groups in total. The number of carbonyl (C=O) groups is 1. The minimum absolute atomic E-state index is 0.0737. The molecule has 5 heteroatoms. The van der Waals surface area contributed by atoms with Crippen molar-refractivity contribution < 1.29 is 14.3 Å². The lowest BCUT2D eigenvalue weighted by Crippen LogP contribution is -2.46. The number of ether oxygens (including phenoxy) is 2. The Morgan fingerprint density at radius 1 is 1.79 bits per heavy atom. The van der Waals surface area contributed by atoms with Crippen LogP contribution in [0, 0.1) is 11.3 Å². The molecule has 0 aromatic rings. The van der Waals surface area contributed by atoms with Crippen LogP contribution in [0.1, 0.15) is 6.92 Å². The first kappa shape index (κ1) is 11.0. The number of morpholine rings is 1. The fourth-order valence-electron chi connectivity index (χ4n) is 1.23. The number of nitriles is 1. The van der Waals surface area contributed by atoms with Crippen LogP contribution < -0.4 is 0 Å². The highest BCUT2D eigenvalue weighted by Gasteiger charge is 2.23. The van der Waals surface area contributed by atoms with Gasteiger partial charge < -0.3 is 14.4 Å². The van der Waals surface area contributed by atoms with E-state index < -0.39 is 6.10 Å². The van der Waals surface area contributed by atoms with E-state index in [1.807, 2.05) is 13.0 Å². The number of rotatable bonds is 3. The summed E-state index contributed by atoms with van der Waals surface area (Å²) in [6.07, 6.45) is -0.491. The van der Waals surface area contributed by atoms with Crippen molar-refractivity contribution in [1.82, 2.24) is 4.90 Å². The topological polar surface area (TPSA) is 62.6 Å². The van der Waals surface area contributed by atoms with Crippen LogP contribution in [0.25, 0.3) is 0 Å². The van der Waals surface area contributed by atoms with Crippen LogP contribution in [0.15, 0.2) is 0 Å². The summed E-state index contributed by atoms with van der Waals surface area (Å²) in [5.41, 5.74) is 0. The van der Waals surface area contributed by atoms with Gasteiger partial charge in [-0.1, -0.05) is 0 Å². The Morgan fingerprint density at radius 3 is 3.21 bits per heavy atom. The van der Waals surface area contributed by atoms with Crippen molar-refractivity contribution in [3.05, 3.63) is 0 Å². The summed E-state index contributed by atoms with van der Waals surface area (Å²) in [6, 6.07) is 1.99. The molecule has 1 heterocycles. The van der Waals surface area contributed by atoms with Gasteiger partial charge in [0.25, 0.3) is 0 Å². The Balaban J connectivity index is 2.36. The van der Waals surface area contributed by atoms with Crippen LogP contribution in [0.4, 0.5) is 0 Å². The van der Waals surface area contributed by atoms with Gasteiger partial charge in [-0.25, -0.2) is 0 Å². The first-order chi connectivity index (χ1) is 6.77. The molecule has 1 aliphatic rings. The third-order valence-electron chi connectivity index (χ3n) is 1.99. The third kappa shape index (κ3) is 2.98. The number of nitrogens with zero attached hydrogens (tertiary/aromatic N) is 2. The Morgan fingerprint density at radius 2 is 2.57 bits per heavy atom. The predicted molar refractivity (Wildman–Crippen MR) is 48.4 cm³/mol. The smallest absolute Gasteiger partial charge is 0.248 e. The quantitative estimate of drug-likeness (QED) is 0.628. The van der Waals surface area contributed by atoms with Gasteiger partial charge in [0.2, 0.25) is 5.91 Å². The summed E-state index contributed by atoms with van der Waals surface area (Å²) < 4.78 is 10.1. The van der Waals surface area contributed by atoms with E-state index in [1.165, 1.54) is 0 Å². The van der Waals surface area contributed by atoms with Gasteiger partial charge in [0, 0.05) is 13.2 Å². The summed E-state index contributed by atoms with van der Waals surface area (Å²) in [4.78, 5) is 13.1. The van der Waals surface area contributed by atoms with Gasteiger partial charge in [0.1, 0.15) is 6.61 Å². The van der Waals surface area contributed by atoms with Crippen molar-refractivity contribution in [2.24, 2.45) is 0 Å². The Labute approximate surface area is 83.2 Å². The molecule has 0 spiro atoms. The Kier molecular flexibility index (Phi) is 4.36. The van der Waals surface area contributed by atoms with Crippen molar-refractivity contribution in [2.45, 2.75) is 13.0 Å². The van der Waals surface area contributed by atoms with E-state index in [0.29, 0.717) is 26.3 Å². The number of hydrogen-bond acceptors (Lipinski definition) is 4. The molecule has 0 aliphatic carbocycles. The lowest BCUT2D eigenvalue weighted by Gasteiger charge is -2.29. The maximum atomic E-state index is 11.5. The number of hydrogen-bond donors (Lipinski definition) is 0. The third-order valence-corrected chi connectivity index (χ3v) is 1.99. The standard InChI is InChI=1S/C9H14N2O3/c1-2-13-7-9(12)11-3-4-14-8(5-10)6-11/h8H,2-4,6-7H2,1H3. The van der Waals surface area contributed by atoms with Gasteiger partial charge in [-0.3, -0.25) is 4.79 Å². The molecular weight excluding hydrogens is 184 g/mol. The predicted octanol–water partition coefficient (Wildman–Crippen LogP) is -0.226. The molecule has 0 saturated carbocycles. The minimum Gasteiger partial charge on any atom is -0.372 e. The summed E-state index contributed by atoms with van der Waals surface area (Å²) in [5.74, 6) is -0.0737. The average molecular weight is 198 g/mol. The molecule has 1 unspecified atom stereocenters. The van der Waals surface area contributed by atoms with Crippen LogP contribution in [-0.4, -0.2) is 49.8 Å². The average Bonchev–Trinajstić information content (AvgIpc) is 2.26. The molecule has 1 fully saturated rings. The van der Waals surface area contributed by atoms with Crippen molar-refractivity contribution in [3.63, 3.8) is 0 Å². The zero-order valence-electron chi connectivity index (χ0n) is 8.23. The van der Waals surface area contributed by atoms with Crippen molar-refractivity contribution in [3.8, 4) is 6.07 Å². The maximum absolute atomic E-state index is 11.5. The highest BCUT2D eigenvalue weighted by atomic mass is 16.5. The van der Waals surface area contributed by atoms with Gasteiger partial charge >= 0.3 is 0 Å². The van der Waals surface area contributed by atoms with Crippen LogP contribution in [-0.2, 0) is 14.3 Å². The second-order valence-electron chi connectivity index (χ2n) is 2.97. The van der Waals surface area contributed by atoms with Gasteiger partial charge in [-0.05, 0) is 6.92 Å². The van der Waals surface area contributed by atoms with Crippen LogP contribution in [0.2, 0.25) is 0 Å². The summed E-state index contributed by atoms with van der Waals surface area (Å²) in [5, 5.41) is 8.62. The first-order valence-corrected chi connectivity index (χ1v) is 4.64. The van der Waals surface area contributed by atoms with Gasteiger partial charge in [-0.2, -0.15) is 5.26 Å². The first-order valence-electron chi connectivity index (χ1n) is 4.64. The molecule has 0 aromatic heterocycles. The maximum Gasteiger partial charge on any atom is 0.248 e. The largest absolute Gasteiger partial charge is 0.372 e. The second-order valence-corrected chi connectivity index (χ2v) is 2.97. The van der Waals surface area contributed by atoms with Crippen LogP contribution in [0.3, 0.4) is 0 Å². The molecule has 0 bridgehead atoms. The molecule has 1 rings (SSSR count).